The highest BCUT2D eigenvalue weighted by Gasteiger charge is 2.29. The minimum absolute atomic E-state index is 0.0635. The van der Waals surface area contributed by atoms with Gasteiger partial charge in [-0.2, -0.15) is 18.7 Å². The predicted octanol–water partition coefficient (Wildman–Crippen LogP) is 3.66. The summed E-state index contributed by atoms with van der Waals surface area (Å²) < 4.78 is 29.7. The number of hydrogen-bond donors (Lipinski definition) is 1. The van der Waals surface area contributed by atoms with Gasteiger partial charge in [0, 0.05) is 23.7 Å². The molecule has 0 saturated carbocycles. The third-order valence-corrected chi connectivity index (χ3v) is 5.54. The number of aryl methyl sites for hydroxylation is 1. The van der Waals surface area contributed by atoms with Gasteiger partial charge >= 0.3 is 6.55 Å². The van der Waals surface area contributed by atoms with Gasteiger partial charge in [0.05, 0.1) is 11.6 Å². The van der Waals surface area contributed by atoms with E-state index in [1.807, 2.05) is 6.07 Å². The molecule has 8 nitrogen and oxygen atoms in total. The van der Waals surface area contributed by atoms with Gasteiger partial charge in [0.15, 0.2) is 5.82 Å². The van der Waals surface area contributed by atoms with E-state index in [9.17, 15) is 23.6 Å². The van der Waals surface area contributed by atoms with Crippen molar-refractivity contribution in [1.29, 1.82) is 5.26 Å². The van der Waals surface area contributed by atoms with E-state index in [4.69, 9.17) is 0 Å². The number of alkyl halides is 2. The van der Waals surface area contributed by atoms with Crippen LogP contribution in [0, 0.1) is 17.2 Å². The van der Waals surface area contributed by atoms with Crippen molar-refractivity contribution in [3.63, 3.8) is 0 Å². The van der Waals surface area contributed by atoms with E-state index < -0.39 is 12.1 Å². The summed E-state index contributed by atoms with van der Waals surface area (Å²) in [5.74, 6) is -0.955. The summed E-state index contributed by atoms with van der Waals surface area (Å²) in [5, 5.41) is 16.3. The number of hydrogen-bond acceptors (Lipinski definition) is 5. The molecule has 4 rings (SSSR count). The molecule has 3 aromatic rings. The number of halogens is 2. The van der Waals surface area contributed by atoms with Crippen LogP contribution in [0.25, 0.3) is 17.1 Å². The molecule has 1 unspecified atom stereocenters. The Morgan fingerprint density at radius 3 is 2.78 bits per heavy atom. The minimum atomic E-state index is -3.08. The zero-order valence-corrected chi connectivity index (χ0v) is 17.3. The molecule has 3 heterocycles. The average molecular weight is 438 g/mol. The topological polar surface area (TPSA) is 106 Å². The van der Waals surface area contributed by atoms with Gasteiger partial charge in [-0.1, -0.05) is 19.4 Å². The fourth-order valence-electron chi connectivity index (χ4n) is 3.81. The lowest BCUT2D eigenvalue weighted by atomic mass is 9.95. The smallest absolute Gasteiger partial charge is 0.321 e. The number of rotatable bonds is 2. The number of nitriles is 1. The first kappa shape index (κ1) is 21.4. The van der Waals surface area contributed by atoms with Crippen molar-refractivity contribution in [3.8, 4) is 23.1 Å². The van der Waals surface area contributed by atoms with Crippen LogP contribution in [0.1, 0.15) is 43.9 Å². The van der Waals surface area contributed by atoms with Gasteiger partial charge in [-0.05, 0) is 37.0 Å². The largest absolute Gasteiger partial charge is 0.333 e. The molecule has 1 amide bonds. The normalized spacial score (nSPS) is 16.5. The van der Waals surface area contributed by atoms with Crippen LogP contribution in [0.4, 0.5) is 14.5 Å². The summed E-state index contributed by atoms with van der Waals surface area (Å²) in [5.41, 5.74) is 0.499. The van der Waals surface area contributed by atoms with Crippen molar-refractivity contribution >= 4 is 11.6 Å². The van der Waals surface area contributed by atoms with E-state index in [2.05, 4.69) is 15.4 Å². The Bertz CT molecular complexity index is 1270. The predicted molar refractivity (Wildman–Crippen MR) is 112 cm³/mol. The van der Waals surface area contributed by atoms with Crippen LogP contribution in [-0.2, 0) is 11.2 Å². The van der Waals surface area contributed by atoms with Crippen LogP contribution >= 0.6 is 0 Å². The summed E-state index contributed by atoms with van der Waals surface area (Å²) in [4.78, 5) is 29.2. The van der Waals surface area contributed by atoms with E-state index in [0.29, 0.717) is 17.5 Å². The van der Waals surface area contributed by atoms with Gasteiger partial charge in [-0.15, -0.1) is 5.10 Å². The maximum absolute atomic E-state index is 14.1. The van der Waals surface area contributed by atoms with Crippen molar-refractivity contribution in [3.05, 3.63) is 58.3 Å². The first-order valence-electron chi connectivity index (χ1n) is 10.2. The first-order chi connectivity index (χ1) is 15.4. The summed E-state index contributed by atoms with van der Waals surface area (Å²) in [6.45, 7) is -1.32. The van der Waals surface area contributed by atoms with Crippen LogP contribution in [0.15, 0.2) is 41.6 Å². The zero-order valence-electron chi connectivity index (χ0n) is 17.3. The molecule has 1 atom stereocenters. The molecule has 0 aliphatic carbocycles. The fraction of sp³-hybridized carbons (Fsp3) is 0.318. The molecular formula is C22H20F2N6O2. The van der Waals surface area contributed by atoms with Gasteiger partial charge in [0.1, 0.15) is 17.7 Å². The molecule has 164 valence electrons. The summed E-state index contributed by atoms with van der Waals surface area (Å²) >= 11 is 0. The highest BCUT2D eigenvalue weighted by Crippen LogP contribution is 2.38. The van der Waals surface area contributed by atoms with Crippen molar-refractivity contribution < 1.29 is 13.6 Å². The van der Waals surface area contributed by atoms with Crippen LogP contribution in [-0.4, -0.2) is 25.2 Å². The fourth-order valence-corrected chi connectivity index (χ4v) is 3.81. The van der Waals surface area contributed by atoms with Crippen molar-refractivity contribution in [2.75, 3.05) is 5.32 Å². The molecule has 0 saturated heterocycles. The van der Waals surface area contributed by atoms with Crippen LogP contribution in [0.5, 0.6) is 0 Å². The van der Waals surface area contributed by atoms with Crippen molar-refractivity contribution in [1.82, 2.24) is 19.3 Å². The van der Waals surface area contributed by atoms with Gasteiger partial charge in [-0.25, -0.2) is 9.55 Å². The molecule has 0 spiro atoms. The molecule has 1 aromatic carbocycles. The Morgan fingerprint density at radius 1 is 1.25 bits per heavy atom. The number of amides is 1. The quantitative estimate of drug-likeness (QED) is 0.657. The zero-order chi connectivity index (χ0) is 22.8. The lowest BCUT2D eigenvalue weighted by Gasteiger charge is -2.17. The molecule has 1 aliphatic heterocycles. The van der Waals surface area contributed by atoms with Crippen LogP contribution in [0.2, 0.25) is 0 Å². The molecule has 1 N–H and O–H groups in total. The number of nitrogens with zero attached hydrogens (tertiary/aromatic N) is 5. The Labute approximate surface area is 182 Å². The number of benzene rings is 1. The Kier molecular flexibility index (Phi) is 5.81. The Morgan fingerprint density at radius 2 is 2.06 bits per heavy atom. The van der Waals surface area contributed by atoms with E-state index in [1.54, 1.807) is 25.1 Å². The SMILES string of the molecule is CC1CCCCc2ccc(C#N)c(c2)-c2c(c(-n3cnccc3=O)nn2C(F)F)NC1=O. The van der Waals surface area contributed by atoms with Gasteiger partial charge < -0.3 is 5.32 Å². The van der Waals surface area contributed by atoms with Crippen molar-refractivity contribution in [2.45, 2.75) is 39.2 Å². The summed E-state index contributed by atoms with van der Waals surface area (Å²) in [7, 11) is 0. The third kappa shape index (κ3) is 3.89. The lowest BCUT2D eigenvalue weighted by molar-refractivity contribution is -0.119. The number of anilines is 1. The summed E-state index contributed by atoms with van der Waals surface area (Å²) in [6.07, 6.45) is 5.35. The van der Waals surface area contributed by atoms with E-state index >= 15 is 0 Å². The standard InChI is InChI=1S/C22H20F2N6O2/c1-13-4-2-3-5-14-6-7-15(11-25)16(10-14)19-18(27-21(13)32)20(28-30(19)22(23)24)29-12-26-9-8-17(29)31/h6-10,12-13,22H,2-5H2,1H3,(H,27,32). The van der Waals surface area contributed by atoms with Crippen molar-refractivity contribution in [2.24, 2.45) is 5.92 Å². The number of carbonyl (C=O) groups excluding carboxylic acids is 1. The van der Waals surface area contributed by atoms with E-state index in [-0.39, 0.29) is 40.2 Å². The van der Waals surface area contributed by atoms with Crippen LogP contribution in [0.3, 0.4) is 0 Å². The Hall–Kier alpha value is -3.87. The highest BCUT2D eigenvalue weighted by atomic mass is 19.3. The monoisotopic (exact) mass is 438 g/mol. The lowest BCUT2D eigenvalue weighted by Crippen LogP contribution is -2.23. The molecule has 32 heavy (non-hydrogen) atoms. The minimum Gasteiger partial charge on any atom is -0.321 e. The second-order valence-corrected chi connectivity index (χ2v) is 7.69. The van der Waals surface area contributed by atoms with Gasteiger partial charge in [0.25, 0.3) is 5.56 Å². The molecule has 10 heteroatoms. The third-order valence-electron chi connectivity index (χ3n) is 5.54. The highest BCUT2D eigenvalue weighted by molar-refractivity contribution is 5.99. The van der Waals surface area contributed by atoms with E-state index in [0.717, 1.165) is 35.4 Å². The Balaban J connectivity index is 2.08. The first-order valence-corrected chi connectivity index (χ1v) is 10.2. The van der Waals surface area contributed by atoms with Gasteiger partial charge in [-0.3, -0.25) is 9.59 Å². The van der Waals surface area contributed by atoms with Gasteiger partial charge in [0.2, 0.25) is 5.91 Å². The second-order valence-electron chi connectivity index (χ2n) is 7.69. The maximum atomic E-state index is 14.1. The number of nitrogens with one attached hydrogen (secondary N) is 1. The molecule has 1 aliphatic rings. The molecular weight excluding hydrogens is 418 g/mol. The molecule has 0 fully saturated rings. The van der Waals surface area contributed by atoms with Crippen LogP contribution < -0.4 is 10.9 Å². The average Bonchev–Trinajstić information content (AvgIpc) is 3.15. The second kappa shape index (κ2) is 8.70. The maximum Gasteiger partial charge on any atom is 0.333 e. The summed E-state index contributed by atoms with van der Waals surface area (Å²) in [6, 6.07) is 8.23. The molecule has 2 aromatic heterocycles. The number of aromatic nitrogens is 4. The van der Waals surface area contributed by atoms with E-state index in [1.165, 1.54) is 6.20 Å². The number of fused-ring (bicyclic) bond motifs is 4. The molecule has 2 bridgehead atoms. The molecule has 0 radical (unpaired) electrons. The number of carbonyl (C=O) groups is 1.